The molecule has 0 fully saturated rings. The maximum atomic E-state index is 3.53. The molecule has 0 bridgehead atoms. The number of rotatable bonds is 0. The van der Waals surface area contributed by atoms with Crippen LogP contribution in [0.15, 0.2) is 0 Å². The molecule has 0 nitrogen and oxygen atoms in total. The summed E-state index contributed by atoms with van der Waals surface area (Å²) in [5, 5.41) is 0. The van der Waals surface area contributed by atoms with Gasteiger partial charge in [0.2, 0.25) is 0 Å². The average molecular weight is 692 g/mol. The van der Waals surface area contributed by atoms with E-state index in [0.29, 0.717) is 0 Å². The van der Waals surface area contributed by atoms with Gasteiger partial charge in [-0.05, 0) is 0 Å². The summed E-state index contributed by atoms with van der Waals surface area (Å²) in [5.41, 5.74) is 0. The molecule has 0 aliphatic heterocycles. The third-order valence-corrected chi connectivity index (χ3v) is 148. The molecule has 0 aromatic heterocycles. The monoisotopic (exact) mass is 690 g/mol. The van der Waals surface area contributed by atoms with E-state index in [-0.39, 0.29) is 0 Å². The second-order valence-electron chi connectivity index (χ2n) is 0.324. The van der Waals surface area contributed by atoms with Gasteiger partial charge < -0.3 is 0 Å². The first-order valence-electron chi connectivity index (χ1n) is 0.714. The van der Waals surface area contributed by atoms with Crippen LogP contribution in [0, 0.1) is 0 Å². The molecule has 0 saturated heterocycles. The summed E-state index contributed by atoms with van der Waals surface area (Å²) < 4.78 is 0. The van der Waals surface area contributed by atoms with Crippen molar-refractivity contribution in [2.24, 2.45) is 0 Å². The van der Waals surface area contributed by atoms with Crippen LogP contribution >= 0.6 is 53.7 Å². The zero-order chi connectivity index (χ0) is 5.15. The molecule has 42 valence electrons. The van der Waals surface area contributed by atoms with E-state index in [2.05, 4.69) is 53.7 Å². The van der Waals surface area contributed by atoms with Crippen LogP contribution in [-0.4, -0.2) is 0 Å². The SMILES string of the molecule is [Br][Re]([Br])#[Re]([Br])[Br]. The number of halogens is 4. The Morgan fingerprint density at radius 1 is 0.667 bits per heavy atom. The van der Waals surface area contributed by atoms with E-state index in [4.69, 9.17) is 0 Å². The van der Waals surface area contributed by atoms with Crippen molar-refractivity contribution in [3.63, 3.8) is 0 Å². The Morgan fingerprint density at radius 3 is 0.833 bits per heavy atom. The van der Waals surface area contributed by atoms with E-state index in [1.165, 1.54) is 0 Å². The Labute approximate surface area is 70.1 Å². The molecule has 0 spiro atoms. The fraction of sp³-hybridized carbons (Fsp3) is 0. The molecule has 0 aromatic carbocycles. The second kappa shape index (κ2) is 5.06. The third-order valence-electron chi connectivity index (χ3n) is 0.0816. The van der Waals surface area contributed by atoms with Crippen LogP contribution in [0.1, 0.15) is 0 Å². The standard InChI is InChI=1S/4BrH.2Re/h4*1H;;/q;;;;2*+2/p-4. The van der Waals surface area contributed by atoms with Crippen LogP contribution in [-0.2, 0) is 18.1 Å². The van der Waals surface area contributed by atoms with Crippen molar-refractivity contribution in [2.75, 3.05) is 0 Å². The molecule has 0 heterocycles. The zero-order valence-corrected chi connectivity index (χ0v) is 14.0. The molecule has 0 radical (unpaired) electrons. The van der Waals surface area contributed by atoms with Gasteiger partial charge in [0.1, 0.15) is 0 Å². The molecule has 0 amide bonds. The summed E-state index contributed by atoms with van der Waals surface area (Å²) in [5.74, 6) is 0. The predicted octanol–water partition coefficient (Wildman–Crippen LogP) is 3.38. The molecule has 0 aliphatic rings. The van der Waals surface area contributed by atoms with Crippen LogP contribution in [0.5, 0.6) is 0 Å². The van der Waals surface area contributed by atoms with Crippen LogP contribution in [0.2, 0.25) is 0 Å². The number of hydrogen-bond donors (Lipinski definition) is 0. The Hall–Kier alpha value is 3.24. The van der Waals surface area contributed by atoms with Crippen molar-refractivity contribution in [2.45, 2.75) is 0 Å². The predicted molar refractivity (Wildman–Crippen MR) is 35.7 cm³/mol. The third kappa shape index (κ3) is 5.38. The van der Waals surface area contributed by atoms with Gasteiger partial charge >= 0.3 is 71.9 Å². The van der Waals surface area contributed by atoms with Gasteiger partial charge in [-0.3, -0.25) is 0 Å². The van der Waals surface area contributed by atoms with Crippen LogP contribution in [0.25, 0.3) is 0 Å². The van der Waals surface area contributed by atoms with Crippen LogP contribution < -0.4 is 0 Å². The number of hydrogen-bond acceptors (Lipinski definition) is 0. The first-order valence-corrected chi connectivity index (χ1v) is 33.9. The van der Waals surface area contributed by atoms with Crippen LogP contribution in [0.3, 0.4) is 0 Å². The molecule has 0 N–H and O–H groups in total. The van der Waals surface area contributed by atoms with E-state index in [0.717, 1.165) is 0 Å². The fourth-order valence-electron chi connectivity index (χ4n) is 0. The van der Waals surface area contributed by atoms with Gasteiger partial charge in [0.15, 0.2) is 0 Å². The van der Waals surface area contributed by atoms with E-state index < -0.39 is 18.1 Å². The summed E-state index contributed by atoms with van der Waals surface area (Å²) in [7, 11) is -1.93. The van der Waals surface area contributed by atoms with Gasteiger partial charge in [-0.15, -0.1) is 0 Å². The van der Waals surface area contributed by atoms with E-state index in [9.17, 15) is 0 Å². The van der Waals surface area contributed by atoms with Crippen molar-refractivity contribution < 1.29 is 18.1 Å². The molecule has 0 atom stereocenters. The second-order valence-corrected chi connectivity index (χ2v) is 99.1. The van der Waals surface area contributed by atoms with Gasteiger partial charge in [0.25, 0.3) is 0 Å². The molecule has 0 saturated carbocycles. The molecule has 0 aromatic rings. The Morgan fingerprint density at radius 2 is 0.833 bits per heavy atom. The first-order chi connectivity index (χ1) is 2.64. The molecular formula is Br4Re2. The molecule has 0 aliphatic carbocycles. The summed E-state index contributed by atoms with van der Waals surface area (Å²) in [6.07, 6.45) is 0. The Bertz CT molecular complexity index is 94.7. The van der Waals surface area contributed by atoms with E-state index >= 15 is 0 Å². The van der Waals surface area contributed by atoms with Crippen molar-refractivity contribution in [3.05, 3.63) is 0 Å². The quantitative estimate of drug-likeness (QED) is 0.366. The van der Waals surface area contributed by atoms with E-state index in [1.807, 2.05) is 0 Å². The van der Waals surface area contributed by atoms with Gasteiger partial charge in [-0.1, -0.05) is 0 Å². The topological polar surface area (TPSA) is 0 Å². The zero-order valence-electron chi connectivity index (χ0n) is 2.27. The van der Waals surface area contributed by atoms with Crippen LogP contribution in [0.4, 0.5) is 0 Å². The molecule has 0 rings (SSSR count). The minimum atomic E-state index is -0.966. The summed E-state index contributed by atoms with van der Waals surface area (Å²) in [6, 6.07) is 0. The van der Waals surface area contributed by atoms with Crippen molar-refractivity contribution in [1.82, 2.24) is 0 Å². The van der Waals surface area contributed by atoms with Gasteiger partial charge in [0.05, 0.1) is 0 Å². The summed E-state index contributed by atoms with van der Waals surface area (Å²) in [4.78, 5) is 0. The summed E-state index contributed by atoms with van der Waals surface area (Å²) in [6.45, 7) is 0. The fourth-order valence-corrected chi connectivity index (χ4v) is 0. The molecule has 0 unspecified atom stereocenters. The minimum absolute atomic E-state index is 0.966. The van der Waals surface area contributed by atoms with Gasteiger partial charge in [-0.2, -0.15) is 0 Å². The van der Waals surface area contributed by atoms with Crippen molar-refractivity contribution in [3.8, 4) is 0 Å². The Balaban J connectivity index is 3.98. The normalized spacial score (nSPS) is 11.0. The van der Waals surface area contributed by atoms with Crippen molar-refractivity contribution in [1.29, 1.82) is 0 Å². The van der Waals surface area contributed by atoms with E-state index in [1.54, 1.807) is 0 Å². The van der Waals surface area contributed by atoms with Gasteiger partial charge in [-0.25, -0.2) is 0 Å². The Kier molecular flexibility index (Phi) is 7.80. The average Bonchev–Trinajstić information content (AvgIpc) is 1.36. The first kappa shape index (κ1) is 9.24. The molecule has 6 heavy (non-hydrogen) atoms. The van der Waals surface area contributed by atoms with Crippen molar-refractivity contribution >= 4 is 53.7 Å². The summed E-state index contributed by atoms with van der Waals surface area (Å²) >= 11 is 14.1. The molecule has 6 heteroatoms. The van der Waals surface area contributed by atoms with Gasteiger partial charge in [0, 0.05) is 0 Å². The maximum absolute atomic E-state index is 3.53. The molecular weight excluding hydrogens is 692 g/mol.